The number of rotatable bonds is 5. The van der Waals surface area contributed by atoms with Gasteiger partial charge < -0.3 is 4.74 Å². The van der Waals surface area contributed by atoms with E-state index in [9.17, 15) is 4.79 Å². The fourth-order valence-electron chi connectivity index (χ4n) is 2.11. The predicted octanol–water partition coefficient (Wildman–Crippen LogP) is 4.23. The summed E-state index contributed by atoms with van der Waals surface area (Å²) in [7, 11) is 0. The van der Waals surface area contributed by atoms with E-state index in [1.165, 1.54) is 5.56 Å². The minimum Gasteiger partial charge on any atom is -0.492 e. The Morgan fingerprint density at radius 3 is 2.45 bits per heavy atom. The van der Waals surface area contributed by atoms with Gasteiger partial charge >= 0.3 is 0 Å². The Kier molecular flexibility index (Phi) is 4.80. The number of carbonyl (C=O) groups excluding carboxylic acids is 1. The summed E-state index contributed by atoms with van der Waals surface area (Å²) < 4.78 is 5.76. The van der Waals surface area contributed by atoms with E-state index in [-0.39, 0.29) is 6.61 Å². The van der Waals surface area contributed by atoms with Crippen molar-refractivity contribution in [2.75, 3.05) is 6.61 Å². The van der Waals surface area contributed by atoms with Crippen LogP contribution in [0, 0.1) is 13.8 Å². The van der Waals surface area contributed by atoms with E-state index in [2.05, 4.69) is 6.07 Å². The van der Waals surface area contributed by atoms with E-state index in [0.29, 0.717) is 0 Å². The van der Waals surface area contributed by atoms with Crippen LogP contribution < -0.4 is 4.74 Å². The lowest BCUT2D eigenvalue weighted by Crippen LogP contribution is -2.16. The molecule has 0 saturated carbocycles. The van der Waals surface area contributed by atoms with Crippen LogP contribution in [0.5, 0.6) is 5.75 Å². The number of benzene rings is 2. The van der Waals surface area contributed by atoms with Gasteiger partial charge in [0.25, 0.3) is 0 Å². The van der Waals surface area contributed by atoms with Crippen LogP contribution in [0.15, 0.2) is 48.5 Å². The van der Waals surface area contributed by atoms with Crippen molar-refractivity contribution in [1.29, 1.82) is 0 Å². The van der Waals surface area contributed by atoms with Crippen molar-refractivity contribution >= 4 is 16.8 Å². The highest BCUT2D eigenvalue weighted by Crippen LogP contribution is 2.23. The molecule has 0 bridgehead atoms. The van der Waals surface area contributed by atoms with E-state index >= 15 is 0 Å². The molecule has 0 aliphatic carbocycles. The third-order valence-electron chi connectivity index (χ3n) is 3.21. The molecule has 104 valence electrons. The number of ether oxygens (including phenoxy) is 1. The maximum absolute atomic E-state index is 11.6. The zero-order valence-electron chi connectivity index (χ0n) is 11.6. The molecule has 3 heteroatoms. The Morgan fingerprint density at radius 2 is 1.85 bits per heavy atom. The summed E-state index contributed by atoms with van der Waals surface area (Å²) in [5.74, 6) is 0.341. The third kappa shape index (κ3) is 3.61. The third-order valence-corrected chi connectivity index (χ3v) is 3.48. The van der Waals surface area contributed by atoms with Crippen LogP contribution in [-0.2, 0) is 4.79 Å². The summed E-state index contributed by atoms with van der Waals surface area (Å²) in [4.78, 5) is 11.6. The summed E-state index contributed by atoms with van der Waals surface area (Å²) in [6.07, 6.45) is 0. The van der Waals surface area contributed by atoms with Crippen LogP contribution in [0.2, 0.25) is 0 Å². The number of hydrogen-bond acceptors (Lipinski definition) is 2. The van der Waals surface area contributed by atoms with Crippen molar-refractivity contribution in [3.05, 3.63) is 65.2 Å². The Balaban J connectivity index is 2.12. The van der Waals surface area contributed by atoms with Gasteiger partial charge in [0.1, 0.15) is 12.4 Å². The molecule has 0 amide bonds. The minimum atomic E-state index is -0.446. The van der Waals surface area contributed by atoms with E-state index < -0.39 is 11.2 Å². The lowest BCUT2D eigenvalue weighted by molar-refractivity contribution is -0.113. The highest BCUT2D eigenvalue weighted by atomic mass is 35.5. The summed E-state index contributed by atoms with van der Waals surface area (Å²) in [5.41, 5.74) is 3.11. The first-order valence-electron chi connectivity index (χ1n) is 6.52. The van der Waals surface area contributed by atoms with Gasteiger partial charge in [0.15, 0.2) is 0 Å². The van der Waals surface area contributed by atoms with Gasteiger partial charge in [0.2, 0.25) is 5.24 Å². The van der Waals surface area contributed by atoms with Gasteiger partial charge in [-0.15, -0.1) is 0 Å². The van der Waals surface area contributed by atoms with Gasteiger partial charge in [0.05, 0.1) is 5.92 Å². The van der Waals surface area contributed by atoms with Crippen LogP contribution in [0.1, 0.15) is 22.6 Å². The quantitative estimate of drug-likeness (QED) is 0.770. The molecule has 0 aliphatic rings. The summed E-state index contributed by atoms with van der Waals surface area (Å²) >= 11 is 5.69. The van der Waals surface area contributed by atoms with Gasteiger partial charge in [-0.05, 0) is 42.6 Å². The van der Waals surface area contributed by atoms with Gasteiger partial charge in [0, 0.05) is 0 Å². The zero-order chi connectivity index (χ0) is 14.5. The van der Waals surface area contributed by atoms with E-state index in [1.54, 1.807) is 0 Å². The molecule has 0 spiro atoms. The normalized spacial score (nSPS) is 11.9. The fraction of sp³-hybridized carbons (Fsp3) is 0.235. The van der Waals surface area contributed by atoms with Crippen molar-refractivity contribution < 1.29 is 9.53 Å². The molecule has 0 radical (unpaired) electrons. The smallest absolute Gasteiger partial charge is 0.232 e. The van der Waals surface area contributed by atoms with Crippen molar-refractivity contribution in [3.8, 4) is 5.75 Å². The second kappa shape index (κ2) is 6.58. The molecule has 20 heavy (non-hydrogen) atoms. The summed E-state index contributed by atoms with van der Waals surface area (Å²) in [5, 5.41) is -0.402. The molecular weight excluding hydrogens is 272 g/mol. The first kappa shape index (κ1) is 14.6. The standard InChI is InChI=1S/C17H17ClO2/c1-12-8-9-16(13(2)10-12)20-11-15(17(18)19)14-6-4-3-5-7-14/h3-10,15H,11H2,1-2H3. The molecule has 2 aromatic rings. The second-order valence-electron chi connectivity index (χ2n) is 4.85. The molecule has 0 aliphatic heterocycles. The van der Waals surface area contributed by atoms with Gasteiger partial charge in [-0.2, -0.15) is 0 Å². The van der Waals surface area contributed by atoms with Crippen LogP contribution in [0.25, 0.3) is 0 Å². The maximum atomic E-state index is 11.6. The number of halogens is 1. The molecule has 0 aromatic heterocycles. The Bertz CT molecular complexity index is 593. The Labute approximate surface area is 124 Å². The molecule has 0 fully saturated rings. The average Bonchev–Trinajstić information content (AvgIpc) is 2.42. The number of carbonyl (C=O) groups is 1. The summed E-state index contributed by atoms with van der Waals surface area (Å²) in [6, 6.07) is 15.4. The highest BCUT2D eigenvalue weighted by Gasteiger charge is 2.19. The molecule has 0 saturated heterocycles. The van der Waals surface area contributed by atoms with Crippen molar-refractivity contribution in [3.63, 3.8) is 0 Å². The fourth-order valence-corrected chi connectivity index (χ4v) is 2.30. The van der Waals surface area contributed by atoms with Crippen molar-refractivity contribution in [2.45, 2.75) is 19.8 Å². The first-order chi connectivity index (χ1) is 9.58. The molecule has 1 atom stereocenters. The molecule has 2 rings (SSSR count). The highest BCUT2D eigenvalue weighted by molar-refractivity contribution is 6.64. The average molecular weight is 289 g/mol. The van der Waals surface area contributed by atoms with Crippen molar-refractivity contribution in [2.24, 2.45) is 0 Å². The minimum absolute atomic E-state index is 0.246. The number of aryl methyl sites for hydroxylation is 2. The summed E-state index contributed by atoms with van der Waals surface area (Å²) in [6.45, 7) is 4.27. The van der Waals surface area contributed by atoms with Crippen molar-refractivity contribution in [1.82, 2.24) is 0 Å². The van der Waals surface area contributed by atoms with Crippen LogP contribution in [0.3, 0.4) is 0 Å². The van der Waals surface area contributed by atoms with Gasteiger partial charge in [-0.25, -0.2) is 0 Å². The van der Waals surface area contributed by atoms with Crippen LogP contribution >= 0.6 is 11.6 Å². The Hall–Kier alpha value is -1.80. The lowest BCUT2D eigenvalue weighted by atomic mass is 10.0. The SMILES string of the molecule is Cc1ccc(OCC(C(=O)Cl)c2ccccc2)c(C)c1. The monoisotopic (exact) mass is 288 g/mol. The number of hydrogen-bond donors (Lipinski definition) is 0. The van der Waals surface area contributed by atoms with E-state index in [0.717, 1.165) is 16.9 Å². The predicted molar refractivity (Wildman–Crippen MR) is 81.5 cm³/mol. The largest absolute Gasteiger partial charge is 0.492 e. The first-order valence-corrected chi connectivity index (χ1v) is 6.90. The molecular formula is C17H17ClO2. The van der Waals surface area contributed by atoms with Crippen LogP contribution in [-0.4, -0.2) is 11.8 Å². The molecule has 0 N–H and O–H groups in total. The topological polar surface area (TPSA) is 26.3 Å². The Morgan fingerprint density at radius 1 is 1.15 bits per heavy atom. The lowest BCUT2D eigenvalue weighted by Gasteiger charge is -2.16. The molecule has 0 heterocycles. The second-order valence-corrected chi connectivity index (χ2v) is 5.22. The van der Waals surface area contributed by atoms with E-state index in [4.69, 9.17) is 16.3 Å². The maximum Gasteiger partial charge on any atom is 0.232 e. The molecule has 2 aromatic carbocycles. The molecule has 1 unspecified atom stereocenters. The zero-order valence-corrected chi connectivity index (χ0v) is 12.4. The van der Waals surface area contributed by atoms with Gasteiger partial charge in [-0.3, -0.25) is 4.79 Å². The van der Waals surface area contributed by atoms with E-state index in [1.807, 2.05) is 56.3 Å². The van der Waals surface area contributed by atoms with Crippen LogP contribution in [0.4, 0.5) is 0 Å². The molecule has 2 nitrogen and oxygen atoms in total. The van der Waals surface area contributed by atoms with Gasteiger partial charge in [-0.1, -0.05) is 48.0 Å².